The Morgan fingerprint density at radius 2 is 2.11 bits per heavy atom. The fourth-order valence-electron chi connectivity index (χ4n) is 3.74. The van der Waals surface area contributed by atoms with Gasteiger partial charge in [0.2, 0.25) is 0 Å². The Morgan fingerprint density at radius 1 is 1.29 bits per heavy atom. The van der Waals surface area contributed by atoms with Crippen LogP contribution in [0.2, 0.25) is 5.02 Å². The highest BCUT2D eigenvalue weighted by Gasteiger charge is 2.44. The lowest BCUT2D eigenvalue weighted by atomic mass is 9.96. The first-order valence-corrected chi connectivity index (χ1v) is 10.7. The van der Waals surface area contributed by atoms with Gasteiger partial charge in [0.1, 0.15) is 6.04 Å². The third-order valence-electron chi connectivity index (χ3n) is 4.83. The summed E-state index contributed by atoms with van der Waals surface area (Å²) in [7, 11) is 1.64. The molecule has 1 saturated heterocycles. The molecule has 2 aromatic rings. The van der Waals surface area contributed by atoms with Gasteiger partial charge in [0.15, 0.2) is 16.7 Å². The average Bonchev–Trinajstić information content (AvgIpc) is 3.19. The van der Waals surface area contributed by atoms with Crippen molar-refractivity contribution in [2.75, 3.05) is 13.7 Å². The van der Waals surface area contributed by atoms with Crippen LogP contribution in [0.25, 0.3) is 0 Å². The summed E-state index contributed by atoms with van der Waals surface area (Å²) in [4.78, 5) is 11.9. The maximum absolute atomic E-state index is 6.62. The lowest BCUT2D eigenvalue weighted by Crippen LogP contribution is -2.28. The van der Waals surface area contributed by atoms with Gasteiger partial charge in [-0.2, -0.15) is 0 Å². The molecule has 148 valence electrons. The molecular formula is C21H24ClN3O2S. The number of pyridine rings is 1. The number of hydrogen-bond acceptors (Lipinski definition) is 6. The van der Waals surface area contributed by atoms with E-state index in [2.05, 4.69) is 16.8 Å². The van der Waals surface area contributed by atoms with Crippen molar-refractivity contribution in [2.45, 2.75) is 44.2 Å². The number of rotatable bonds is 5. The summed E-state index contributed by atoms with van der Waals surface area (Å²) in [6.07, 6.45) is 1.83. The van der Waals surface area contributed by atoms with E-state index in [1.54, 1.807) is 7.11 Å². The number of methoxy groups -OCH3 is 1. The van der Waals surface area contributed by atoms with E-state index in [-0.39, 0.29) is 18.2 Å². The number of thioether (sulfide) groups is 1. The predicted molar refractivity (Wildman–Crippen MR) is 115 cm³/mol. The van der Waals surface area contributed by atoms with Gasteiger partial charge in [-0.3, -0.25) is 9.98 Å². The highest BCUT2D eigenvalue weighted by Crippen LogP contribution is 2.50. The van der Waals surface area contributed by atoms with E-state index < -0.39 is 0 Å². The molecule has 5 nitrogen and oxygen atoms in total. The molecule has 0 N–H and O–H groups in total. The fourth-order valence-corrected chi connectivity index (χ4v) is 5.10. The lowest BCUT2D eigenvalue weighted by Gasteiger charge is -2.28. The summed E-state index contributed by atoms with van der Waals surface area (Å²) in [6, 6.07) is 9.93. The van der Waals surface area contributed by atoms with Gasteiger partial charge in [0, 0.05) is 18.0 Å². The van der Waals surface area contributed by atoms with Crippen molar-refractivity contribution < 1.29 is 9.47 Å². The SMILES string of the molecule is COc1cc([C@@H]2[C@H](c3ccccn3)N=C3S[C@H](C)CN32)cc(Cl)c1OC(C)C. The van der Waals surface area contributed by atoms with Gasteiger partial charge < -0.3 is 14.4 Å². The molecular weight excluding hydrogens is 394 g/mol. The molecule has 0 bridgehead atoms. The van der Waals surface area contributed by atoms with Crippen molar-refractivity contribution in [1.29, 1.82) is 0 Å². The summed E-state index contributed by atoms with van der Waals surface area (Å²) in [5.41, 5.74) is 2.02. The van der Waals surface area contributed by atoms with E-state index in [9.17, 15) is 0 Å². The van der Waals surface area contributed by atoms with E-state index in [1.165, 1.54) is 0 Å². The fraction of sp³-hybridized carbons (Fsp3) is 0.429. The molecule has 0 aliphatic carbocycles. The van der Waals surface area contributed by atoms with Crippen LogP contribution < -0.4 is 9.47 Å². The molecule has 2 aliphatic rings. The van der Waals surface area contributed by atoms with Gasteiger partial charge in [0.05, 0.1) is 30.0 Å². The van der Waals surface area contributed by atoms with Crippen molar-refractivity contribution in [1.82, 2.24) is 9.88 Å². The largest absolute Gasteiger partial charge is 0.493 e. The number of fused-ring (bicyclic) bond motifs is 1. The van der Waals surface area contributed by atoms with Crippen LogP contribution in [0.3, 0.4) is 0 Å². The van der Waals surface area contributed by atoms with Gasteiger partial charge >= 0.3 is 0 Å². The minimum atomic E-state index is -0.0751. The van der Waals surface area contributed by atoms with Gasteiger partial charge in [-0.05, 0) is 43.7 Å². The summed E-state index contributed by atoms with van der Waals surface area (Å²) in [6.45, 7) is 7.12. The molecule has 0 spiro atoms. The molecule has 3 heterocycles. The minimum Gasteiger partial charge on any atom is -0.493 e. The van der Waals surface area contributed by atoms with Crippen molar-refractivity contribution in [3.63, 3.8) is 0 Å². The Morgan fingerprint density at radius 3 is 2.79 bits per heavy atom. The maximum Gasteiger partial charge on any atom is 0.180 e. The molecule has 28 heavy (non-hydrogen) atoms. The van der Waals surface area contributed by atoms with Crippen LogP contribution in [0.15, 0.2) is 41.5 Å². The molecule has 1 aromatic heterocycles. The molecule has 3 atom stereocenters. The number of amidine groups is 1. The highest BCUT2D eigenvalue weighted by atomic mass is 35.5. The van der Waals surface area contributed by atoms with Crippen molar-refractivity contribution in [2.24, 2.45) is 4.99 Å². The zero-order chi connectivity index (χ0) is 19.8. The number of halogens is 1. The van der Waals surface area contributed by atoms with Gasteiger partial charge in [-0.15, -0.1) is 0 Å². The highest BCUT2D eigenvalue weighted by molar-refractivity contribution is 8.14. The van der Waals surface area contributed by atoms with Crippen LogP contribution in [0.5, 0.6) is 11.5 Å². The second kappa shape index (κ2) is 7.84. The van der Waals surface area contributed by atoms with Crippen LogP contribution in [0.1, 0.15) is 44.1 Å². The van der Waals surface area contributed by atoms with Crippen LogP contribution in [-0.4, -0.2) is 40.1 Å². The molecule has 0 unspecified atom stereocenters. The van der Waals surface area contributed by atoms with E-state index >= 15 is 0 Å². The monoisotopic (exact) mass is 417 g/mol. The number of ether oxygens (including phenoxy) is 2. The van der Waals surface area contributed by atoms with E-state index in [4.69, 9.17) is 26.1 Å². The summed E-state index contributed by atoms with van der Waals surface area (Å²) < 4.78 is 11.5. The molecule has 1 aromatic carbocycles. The number of hydrogen-bond donors (Lipinski definition) is 0. The third-order valence-corrected chi connectivity index (χ3v) is 6.21. The Kier molecular flexibility index (Phi) is 5.43. The summed E-state index contributed by atoms with van der Waals surface area (Å²) in [5, 5.41) is 2.13. The quantitative estimate of drug-likeness (QED) is 0.675. The first kappa shape index (κ1) is 19.4. The first-order valence-electron chi connectivity index (χ1n) is 9.44. The Labute approximate surface area is 175 Å². The molecule has 7 heteroatoms. The van der Waals surface area contributed by atoms with Crippen molar-refractivity contribution >= 4 is 28.5 Å². The van der Waals surface area contributed by atoms with Crippen molar-refractivity contribution in [3.8, 4) is 11.5 Å². The molecule has 2 aliphatic heterocycles. The van der Waals surface area contributed by atoms with E-state index in [1.807, 2.05) is 62.1 Å². The molecule has 0 amide bonds. The number of nitrogens with zero attached hydrogens (tertiary/aromatic N) is 3. The van der Waals surface area contributed by atoms with Crippen molar-refractivity contribution in [3.05, 3.63) is 52.8 Å². The Hall–Kier alpha value is -1.92. The van der Waals surface area contributed by atoms with Crippen LogP contribution >= 0.6 is 23.4 Å². The predicted octanol–water partition coefficient (Wildman–Crippen LogP) is 5.12. The molecule has 0 saturated carbocycles. The third kappa shape index (κ3) is 3.55. The molecule has 4 rings (SSSR count). The number of benzene rings is 1. The van der Waals surface area contributed by atoms with Crippen LogP contribution in [-0.2, 0) is 0 Å². The maximum atomic E-state index is 6.62. The van der Waals surface area contributed by atoms with Gasteiger partial charge in [-0.25, -0.2) is 0 Å². The second-order valence-electron chi connectivity index (χ2n) is 7.34. The minimum absolute atomic E-state index is 0.00997. The summed E-state index contributed by atoms with van der Waals surface area (Å²) >= 11 is 8.44. The van der Waals surface area contributed by atoms with Gasteiger partial charge in [-0.1, -0.05) is 36.4 Å². The summed E-state index contributed by atoms with van der Waals surface area (Å²) in [5.74, 6) is 1.23. The average molecular weight is 418 g/mol. The standard InChI is InChI=1S/C21H24ClN3O2S/c1-12(2)27-20-15(22)9-14(10-17(20)26-4)19-18(16-7-5-6-8-23-16)24-21-25(19)11-13(3)28-21/h5-10,12-13,18-19H,11H2,1-4H3/t13-,18+,19-/m1/s1. The lowest BCUT2D eigenvalue weighted by molar-refractivity contribution is 0.229. The Balaban J connectivity index is 1.78. The first-order chi connectivity index (χ1) is 13.5. The van der Waals surface area contributed by atoms with Crippen LogP contribution in [0, 0.1) is 0 Å². The topological polar surface area (TPSA) is 47.0 Å². The zero-order valence-corrected chi connectivity index (χ0v) is 18.0. The zero-order valence-electron chi connectivity index (χ0n) is 16.4. The smallest absolute Gasteiger partial charge is 0.180 e. The molecule has 0 radical (unpaired) electrons. The van der Waals surface area contributed by atoms with E-state index in [0.717, 1.165) is 23.0 Å². The van der Waals surface area contributed by atoms with Crippen LogP contribution in [0.4, 0.5) is 0 Å². The number of aliphatic imine (C=N–C) groups is 1. The second-order valence-corrected chi connectivity index (χ2v) is 9.15. The van der Waals surface area contributed by atoms with E-state index in [0.29, 0.717) is 21.8 Å². The van der Waals surface area contributed by atoms with Gasteiger partial charge in [0.25, 0.3) is 0 Å². The normalized spacial score (nSPS) is 23.7. The number of aromatic nitrogens is 1. The Bertz CT molecular complexity index is 891. The molecule has 1 fully saturated rings.